The fourth-order valence-electron chi connectivity index (χ4n) is 2.84. The summed E-state index contributed by atoms with van der Waals surface area (Å²) in [7, 11) is 4.02. The summed E-state index contributed by atoms with van der Waals surface area (Å²) in [6.07, 6.45) is 0.778. The Labute approximate surface area is 153 Å². The Kier molecular flexibility index (Phi) is 5.51. The molecular weight excluding hydrogens is 328 g/mol. The van der Waals surface area contributed by atoms with Crippen LogP contribution in [0.5, 0.6) is 0 Å². The Hall–Kier alpha value is -2.17. The van der Waals surface area contributed by atoms with Crippen LogP contribution in [0.1, 0.15) is 26.4 Å². The quantitative estimate of drug-likeness (QED) is 0.725. The number of hydrogen-bond donors (Lipinski definition) is 1. The zero-order valence-electron chi connectivity index (χ0n) is 15.0. The molecule has 0 aliphatic rings. The summed E-state index contributed by atoms with van der Waals surface area (Å²) >= 11 is 1.59. The van der Waals surface area contributed by atoms with E-state index in [-0.39, 0.29) is 5.91 Å². The smallest absolute Gasteiger partial charge is 0.261 e. The number of fused-ring (bicyclic) bond motifs is 1. The fraction of sp³-hybridized carbons (Fsp3) is 0.286. The van der Waals surface area contributed by atoms with E-state index in [1.54, 1.807) is 11.3 Å². The lowest BCUT2D eigenvalue weighted by molar-refractivity contribution is 0.0954. The van der Waals surface area contributed by atoms with Crippen LogP contribution in [0.25, 0.3) is 10.1 Å². The Morgan fingerprint density at radius 2 is 1.80 bits per heavy atom. The van der Waals surface area contributed by atoms with Crippen molar-refractivity contribution in [2.45, 2.75) is 13.3 Å². The summed E-state index contributed by atoms with van der Waals surface area (Å²) < 4.78 is 1.17. The van der Waals surface area contributed by atoms with E-state index in [1.165, 1.54) is 21.2 Å². The van der Waals surface area contributed by atoms with Crippen molar-refractivity contribution >= 4 is 27.3 Å². The summed E-state index contributed by atoms with van der Waals surface area (Å²) in [4.78, 5) is 15.6. The average molecular weight is 353 g/mol. The van der Waals surface area contributed by atoms with Crippen molar-refractivity contribution in [3.8, 4) is 0 Å². The SMILES string of the molecule is Cc1ccc(Cc2c(C(=O)NCCN(C)C)sc3ccccc23)cc1. The van der Waals surface area contributed by atoms with E-state index in [0.717, 1.165) is 23.4 Å². The number of rotatable bonds is 6. The first kappa shape index (κ1) is 17.6. The lowest BCUT2D eigenvalue weighted by Crippen LogP contribution is -2.31. The van der Waals surface area contributed by atoms with E-state index in [2.05, 4.69) is 53.5 Å². The second-order valence-electron chi connectivity index (χ2n) is 6.63. The van der Waals surface area contributed by atoms with Gasteiger partial charge >= 0.3 is 0 Å². The zero-order valence-corrected chi connectivity index (χ0v) is 15.8. The minimum absolute atomic E-state index is 0.0326. The minimum Gasteiger partial charge on any atom is -0.350 e. The molecule has 130 valence electrons. The number of carbonyl (C=O) groups excluding carboxylic acids is 1. The van der Waals surface area contributed by atoms with Crippen molar-refractivity contribution in [3.05, 3.63) is 70.1 Å². The second-order valence-corrected chi connectivity index (χ2v) is 7.68. The summed E-state index contributed by atoms with van der Waals surface area (Å²) in [6.45, 7) is 3.58. The summed E-state index contributed by atoms with van der Waals surface area (Å²) in [6, 6.07) is 16.8. The maximum Gasteiger partial charge on any atom is 0.261 e. The molecule has 25 heavy (non-hydrogen) atoms. The normalized spacial score (nSPS) is 11.2. The van der Waals surface area contributed by atoms with Crippen LogP contribution in [0, 0.1) is 6.92 Å². The summed E-state index contributed by atoms with van der Waals surface area (Å²) in [5, 5.41) is 4.24. The van der Waals surface area contributed by atoms with Gasteiger partial charge in [0, 0.05) is 17.8 Å². The molecule has 0 spiro atoms. The molecule has 0 bridgehead atoms. The molecule has 3 nitrogen and oxygen atoms in total. The highest BCUT2D eigenvalue weighted by atomic mass is 32.1. The molecule has 3 aromatic rings. The van der Waals surface area contributed by atoms with Gasteiger partial charge in [-0.25, -0.2) is 0 Å². The van der Waals surface area contributed by atoms with Gasteiger partial charge in [-0.15, -0.1) is 11.3 Å². The molecule has 0 fully saturated rings. The maximum absolute atomic E-state index is 12.7. The number of nitrogens with one attached hydrogen (secondary N) is 1. The fourth-order valence-corrected chi connectivity index (χ4v) is 3.98. The molecule has 0 saturated carbocycles. The van der Waals surface area contributed by atoms with Crippen LogP contribution in [-0.2, 0) is 6.42 Å². The number of amides is 1. The molecule has 0 unspecified atom stereocenters. The van der Waals surface area contributed by atoms with Crippen LogP contribution in [0.2, 0.25) is 0 Å². The molecule has 1 heterocycles. The van der Waals surface area contributed by atoms with Crippen LogP contribution < -0.4 is 5.32 Å². The maximum atomic E-state index is 12.7. The van der Waals surface area contributed by atoms with Crippen molar-refractivity contribution in [2.24, 2.45) is 0 Å². The van der Waals surface area contributed by atoms with Crippen molar-refractivity contribution in [1.29, 1.82) is 0 Å². The monoisotopic (exact) mass is 352 g/mol. The lowest BCUT2D eigenvalue weighted by Gasteiger charge is -2.11. The van der Waals surface area contributed by atoms with Gasteiger partial charge in [0.1, 0.15) is 0 Å². The predicted octanol–water partition coefficient (Wildman–Crippen LogP) is 4.09. The number of nitrogens with zero attached hydrogens (tertiary/aromatic N) is 1. The van der Waals surface area contributed by atoms with E-state index in [0.29, 0.717) is 6.54 Å². The van der Waals surface area contributed by atoms with E-state index < -0.39 is 0 Å². The number of thiophene rings is 1. The third-order valence-electron chi connectivity index (χ3n) is 4.25. The number of aryl methyl sites for hydroxylation is 1. The van der Waals surface area contributed by atoms with Crippen LogP contribution in [0.4, 0.5) is 0 Å². The third-order valence-corrected chi connectivity index (χ3v) is 5.46. The van der Waals surface area contributed by atoms with Crippen molar-refractivity contribution in [2.75, 3.05) is 27.2 Å². The van der Waals surface area contributed by atoms with E-state index in [4.69, 9.17) is 0 Å². The molecule has 2 aromatic carbocycles. The van der Waals surface area contributed by atoms with Gasteiger partial charge in [-0.1, -0.05) is 48.0 Å². The molecule has 1 aromatic heterocycles. The van der Waals surface area contributed by atoms with Crippen molar-refractivity contribution < 1.29 is 4.79 Å². The van der Waals surface area contributed by atoms with E-state index in [1.807, 2.05) is 26.2 Å². The third kappa shape index (κ3) is 4.27. The minimum atomic E-state index is 0.0326. The highest BCUT2D eigenvalue weighted by molar-refractivity contribution is 7.21. The van der Waals surface area contributed by atoms with Gasteiger partial charge in [-0.05, 0) is 50.0 Å². The van der Waals surface area contributed by atoms with Crippen LogP contribution in [0.3, 0.4) is 0 Å². The Morgan fingerprint density at radius 3 is 2.52 bits per heavy atom. The van der Waals surface area contributed by atoms with Crippen molar-refractivity contribution in [3.63, 3.8) is 0 Å². The van der Waals surface area contributed by atoms with E-state index >= 15 is 0 Å². The predicted molar refractivity (Wildman–Crippen MR) is 107 cm³/mol. The van der Waals surface area contributed by atoms with Crippen molar-refractivity contribution in [1.82, 2.24) is 10.2 Å². The van der Waals surface area contributed by atoms with Crippen LogP contribution in [0.15, 0.2) is 48.5 Å². The Bertz CT molecular complexity index is 865. The van der Waals surface area contributed by atoms with Gasteiger partial charge in [-0.2, -0.15) is 0 Å². The number of hydrogen-bond acceptors (Lipinski definition) is 3. The lowest BCUT2D eigenvalue weighted by atomic mass is 10.0. The van der Waals surface area contributed by atoms with E-state index in [9.17, 15) is 4.79 Å². The van der Waals surface area contributed by atoms with Gasteiger partial charge in [0.2, 0.25) is 0 Å². The Balaban J connectivity index is 1.91. The van der Waals surface area contributed by atoms with Crippen LogP contribution in [-0.4, -0.2) is 38.0 Å². The zero-order chi connectivity index (χ0) is 17.8. The first-order valence-corrected chi connectivity index (χ1v) is 9.35. The Morgan fingerprint density at radius 1 is 1.08 bits per heavy atom. The molecule has 4 heteroatoms. The highest BCUT2D eigenvalue weighted by Crippen LogP contribution is 2.33. The molecule has 0 atom stereocenters. The van der Waals surface area contributed by atoms with Crippen LogP contribution >= 0.6 is 11.3 Å². The molecule has 0 radical (unpaired) electrons. The summed E-state index contributed by atoms with van der Waals surface area (Å²) in [5.41, 5.74) is 3.61. The van der Waals surface area contributed by atoms with Gasteiger partial charge in [0.05, 0.1) is 4.88 Å². The number of benzene rings is 2. The van der Waals surface area contributed by atoms with Gasteiger partial charge in [0.15, 0.2) is 0 Å². The first-order valence-electron chi connectivity index (χ1n) is 8.53. The molecular formula is C21H24N2OS. The summed E-state index contributed by atoms with van der Waals surface area (Å²) in [5.74, 6) is 0.0326. The molecule has 0 aliphatic carbocycles. The van der Waals surface area contributed by atoms with Gasteiger partial charge in [0.25, 0.3) is 5.91 Å². The van der Waals surface area contributed by atoms with Gasteiger partial charge < -0.3 is 10.2 Å². The molecule has 0 aliphatic heterocycles. The number of likely N-dealkylation sites (N-methyl/N-ethyl adjacent to an activating group) is 1. The molecule has 1 amide bonds. The number of carbonyl (C=O) groups is 1. The molecule has 3 rings (SSSR count). The van der Waals surface area contributed by atoms with Gasteiger partial charge in [-0.3, -0.25) is 4.79 Å². The standard InChI is InChI=1S/C21H24N2OS/c1-15-8-10-16(11-9-15)14-18-17-6-4-5-7-19(17)25-20(18)21(24)22-12-13-23(2)3/h4-11H,12-14H2,1-3H3,(H,22,24). The largest absolute Gasteiger partial charge is 0.350 e. The highest BCUT2D eigenvalue weighted by Gasteiger charge is 2.18. The molecule has 0 saturated heterocycles. The first-order chi connectivity index (χ1) is 12.0. The average Bonchev–Trinajstić information content (AvgIpc) is 2.95. The molecule has 1 N–H and O–H groups in total. The topological polar surface area (TPSA) is 32.3 Å². The second kappa shape index (κ2) is 7.81.